The van der Waals surface area contributed by atoms with Crippen LogP contribution >= 0.6 is 0 Å². The number of sulfonamides is 1. The number of esters is 1. The molecule has 3 rings (SSSR count). The lowest BCUT2D eigenvalue weighted by atomic mass is 10.1. The van der Waals surface area contributed by atoms with Crippen molar-refractivity contribution in [1.82, 2.24) is 8.87 Å². The number of hydrogen-bond acceptors (Lipinski definition) is 5. The van der Waals surface area contributed by atoms with Crippen molar-refractivity contribution in [3.8, 4) is 0 Å². The van der Waals surface area contributed by atoms with Crippen LogP contribution in [0, 0.1) is 13.8 Å². The molecule has 0 aliphatic heterocycles. The molecule has 0 bridgehead atoms. The number of carboxylic acids is 1. The van der Waals surface area contributed by atoms with Gasteiger partial charge in [-0.1, -0.05) is 29.8 Å². The van der Waals surface area contributed by atoms with Crippen molar-refractivity contribution in [2.24, 2.45) is 0 Å². The van der Waals surface area contributed by atoms with Gasteiger partial charge in [0.2, 0.25) is 10.0 Å². The van der Waals surface area contributed by atoms with E-state index in [2.05, 4.69) is 0 Å². The number of carboxylic acid groups (broad SMARTS) is 1. The molecule has 2 aromatic carbocycles. The molecule has 0 aliphatic carbocycles. The Morgan fingerprint density at radius 1 is 1.09 bits per heavy atom. The molecule has 0 aliphatic rings. The molecule has 3 aromatic rings. The molecule has 0 spiro atoms. The molecule has 9 heteroatoms. The number of benzene rings is 2. The van der Waals surface area contributed by atoms with Crippen molar-refractivity contribution in [2.45, 2.75) is 32.2 Å². The predicted octanol–water partition coefficient (Wildman–Crippen LogP) is 3.21. The second-order valence-electron chi connectivity index (χ2n) is 7.45. The fourth-order valence-corrected chi connectivity index (χ4v) is 4.93. The fraction of sp³-hybridized carbons (Fsp3) is 0.304. The van der Waals surface area contributed by atoms with Crippen molar-refractivity contribution in [2.75, 3.05) is 19.7 Å². The van der Waals surface area contributed by atoms with Crippen LogP contribution in [-0.4, -0.2) is 54.0 Å². The number of carbonyl (C=O) groups excluding carboxylic acids is 1. The molecule has 0 amide bonds. The Balaban J connectivity index is 2.00. The first-order valence-corrected chi connectivity index (χ1v) is 11.6. The summed E-state index contributed by atoms with van der Waals surface area (Å²) in [5, 5.41) is 10.2. The first kappa shape index (κ1) is 23.5. The molecule has 1 aromatic heterocycles. The molecule has 32 heavy (non-hydrogen) atoms. The number of rotatable bonds is 9. The summed E-state index contributed by atoms with van der Waals surface area (Å²) in [7, 11) is -4.05. The largest absolute Gasteiger partial charge is 0.480 e. The molecule has 1 N–H and O–H groups in total. The number of aryl methyl sites for hydroxylation is 2. The molecule has 0 radical (unpaired) electrons. The number of carbonyl (C=O) groups is 2. The highest BCUT2D eigenvalue weighted by atomic mass is 32.2. The summed E-state index contributed by atoms with van der Waals surface area (Å²) in [4.78, 5) is 24.0. The quantitative estimate of drug-likeness (QED) is 0.494. The molecule has 0 fully saturated rings. The van der Waals surface area contributed by atoms with Gasteiger partial charge >= 0.3 is 11.9 Å². The SMILES string of the molecule is CCOC(=O)c1cc2c(C)cccc2n1CCN(CC(=O)O)S(=O)(=O)c1ccc(C)cc1. The Hall–Kier alpha value is -3.17. The fourth-order valence-electron chi connectivity index (χ4n) is 3.55. The predicted molar refractivity (Wildman–Crippen MR) is 120 cm³/mol. The minimum Gasteiger partial charge on any atom is -0.480 e. The van der Waals surface area contributed by atoms with Crippen LogP contribution in [0.5, 0.6) is 0 Å². The van der Waals surface area contributed by atoms with Crippen molar-refractivity contribution in [3.63, 3.8) is 0 Å². The Bertz CT molecular complexity index is 1250. The molecule has 0 saturated heterocycles. The van der Waals surface area contributed by atoms with E-state index in [9.17, 15) is 23.1 Å². The van der Waals surface area contributed by atoms with Gasteiger partial charge in [0.05, 0.1) is 11.5 Å². The van der Waals surface area contributed by atoms with Crippen LogP contribution < -0.4 is 0 Å². The van der Waals surface area contributed by atoms with Crippen LogP contribution in [0.1, 0.15) is 28.5 Å². The number of ether oxygens (including phenoxy) is 1. The smallest absolute Gasteiger partial charge is 0.354 e. The maximum Gasteiger partial charge on any atom is 0.354 e. The zero-order valence-corrected chi connectivity index (χ0v) is 19.1. The van der Waals surface area contributed by atoms with E-state index in [-0.39, 0.29) is 24.6 Å². The second kappa shape index (κ2) is 9.54. The average molecular weight is 459 g/mol. The van der Waals surface area contributed by atoms with Crippen LogP contribution in [0.4, 0.5) is 0 Å². The number of hydrogen-bond donors (Lipinski definition) is 1. The highest BCUT2D eigenvalue weighted by Crippen LogP contribution is 2.25. The number of nitrogens with zero attached hydrogens (tertiary/aromatic N) is 2. The van der Waals surface area contributed by atoms with Crippen LogP contribution in [0.3, 0.4) is 0 Å². The van der Waals surface area contributed by atoms with Gasteiger partial charge in [0, 0.05) is 24.0 Å². The standard InChI is InChI=1S/C23H26N2O6S/c1-4-31-23(28)21-14-19-17(3)6-5-7-20(19)25(21)13-12-24(15-22(26)27)32(29,30)18-10-8-16(2)9-11-18/h5-11,14H,4,12-13,15H2,1-3H3,(H,26,27). The van der Waals surface area contributed by atoms with E-state index in [4.69, 9.17) is 4.74 Å². The molecule has 1 heterocycles. The lowest BCUT2D eigenvalue weighted by Gasteiger charge is -2.21. The van der Waals surface area contributed by atoms with Gasteiger partial charge in [0.15, 0.2) is 0 Å². The summed E-state index contributed by atoms with van der Waals surface area (Å²) in [5.74, 6) is -1.78. The summed E-state index contributed by atoms with van der Waals surface area (Å²) >= 11 is 0. The normalized spacial score (nSPS) is 11.8. The molecule has 170 valence electrons. The van der Waals surface area contributed by atoms with E-state index in [1.807, 2.05) is 32.0 Å². The van der Waals surface area contributed by atoms with Gasteiger partial charge in [-0.3, -0.25) is 4.79 Å². The molecular weight excluding hydrogens is 432 g/mol. The topological polar surface area (TPSA) is 106 Å². The van der Waals surface area contributed by atoms with E-state index in [1.165, 1.54) is 12.1 Å². The van der Waals surface area contributed by atoms with E-state index >= 15 is 0 Å². The Kier molecular flexibility index (Phi) is 7.00. The molecule has 0 unspecified atom stereocenters. The monoisotopic (exact) mass is 458 g/mol. The van der Waals surface area contributed by atoms with Gasteiger partial charge < -0.3 is 14.4 Å². The van der Waals surface area contributed by atoms with E-state index < -0.39 is 28.5 Å². The molecule has 8 nitrogen and oxygen atoms in total. The van der Waals surface area contributed by atoms with Crippen LogP contribution in [0.15, 0.2) is 53.4 Å². The van der Waals surface area contributed by atoms with Crippen LogP contribution in [0.2, 0.25) is 0 Å². The van der Waals surface area contributed by atoms with Crippen molar-refractivity contribution >= 4 is 32.9 Å². The summed E-state index contributed by atoms with van der Waals surface area (Å²) in [6.45, 7) is 4.92. The number of fused-ring (bicyclic) bond motifs is 1. The third kappa shape index (κ3) is 4.84. The van der Waals surface area contributed by atoms with Crippen LogP contribution in [0.25, 0.3) is 10.9 Å². The van der Waals surface area contributed by atoms with Gasteiger partial charge in [-0.25, -0.2) is 13.2 Å². The van der Waals surface area contributed by atoms with Gasteiger partial charge in [-0.2, -0.15) is 4.31 Å². The Morgan fingerprint density at radius 3 is 2.41 bits per heavy atom. The zero-order valence-electron chi connectivity index (χ0n) is 18.2. The first-order valence-electron chi connectivity index (χ1n) is 10.2. The number of aliphatic carboxylic acids is 1. The summed E-state index contributed by atoms with van der Waals surface area (Å²) in [5.41, 5.74) is 2.89. The van der Waals surface area contributed by atoms with E-state index in [0.717, 1.165) is 26.3 Å². The lowest BCUT2D eigenvalue weighted by Crippen LogP contribution is -2.38. The van der Waals surface area contributed by atoms with Gasteiger partial charge in [-0.05, 0) is 50.6 Å². The van der Waals surface area contributed by atoms with Crippen molar-refractivity contribution in [1.29, 1.82) is 0 Å². The van der Waals surface area contributed by atoms with Crippen LogP contribution in [-0.2, 0) is 26.1 Å². The third-order valence-corrected chi connectivity index (χ3v) is 7.05. The van der Waals surface area contributed by atoms with E-state index in [0.29, 0.717) is 5.69 Å². The zero-order chi connectivity index (χ0) is 23.5. The summed E-state index contributed by atoms with van der Waals surface area (Å²) in [6.07, 6.45) is 0. The first-order chi connectivity index (χ1) is 15.1. The Labute approximate surface area is 187 Å². The number of aromatic nitrogens is 1. The van der Waals surface area contributed by atoms with Crippen molar-refractivity contribution < 1.29 is 27.9 Å². The lowest BCUT2D eigenvalue weighted by molar-refractivity contribution is -0.137. The van der Waals surface area contributed by atoms with Gasteiger partial charge in [0.25, 0.3) is 0 Å². The Morgan fingerprint density at radius 2 is 1.78 bits per heavy atom. The molecular formula is C23H26N2O6S. The highest BCUT2D eigenvalue weighted by molar-refractivity contribution is 7.89. The molecule has 0 saturated carbocycles. The minimum absolute atomic E-state index is 0.0168. The summed E-state index contributed by atoms with van der Waals surface area (Å²) < 4.78 is 34.0. The average Bonchev–Trinajstić information content (AvgIpc) is 3.11. The van der Waals surface area contributed by atoms with Crippen molar-refractivity contribution in [3.05, 3.63) is 65.4 Å². The van der Waals surface area contributed by atoms with Gasteiger partial charge in [0.1, 0.15) is 12.2 Å². The maximum atomic E-state index is 13.1. The minimum atomic E-state index is -4.05. The second-order valence-corrected chi connectivity index (χ2v) is 9.39. The molecule has 0 atom stereocenters. The highest BCUT2D eigenvalue weighted by Gasteiger charge is 2.27. The van der Waals surface area contributed by atoms with Gasteiger partial charge in [-0.15, -0.1) is 0 Å². The third-order valence-electron chi connectivity index (χ3n) is 5.19. The summed E-state index contributed by atoms with van der Waals surface area (Å²) in [6, 6.07) is 13.6. The van der Waals surface area contributed by atoms with E-state index in [1.54, 1.807) is 29.7 Å². The maximum absolute atomic E-state index is 13.1.